The van der Waals surface area contributed by atoms with Crippen LogP contribution in [-0.2, 0) is 11.3 Å². The normalized spacial score (nSPS) is 20.2. The Bertz CT molecular complexity index is 1110. The number of fused-ring (bicyclic) bond motifs is 1. The number of ether oxygens (including phenoxy) is 1. The highest BCUT2D eigenvalue weighted by Gasteiger charge is 2.50. The molecule has 5 rings (SSSR count). The SMILES string of the molecule is CC(C)N1CC2(CN(Cc3cccc(F)c3)C2)Oc2c(NC(=O)C3CCNCC3)cccc2C1=O. The molecule has 0 aliphatic carbocycles. The third kappa shape index (κ3) is 4.90. The smallest absolute Gasteiger partial charge is 0.258 e. The molecule has 2 saturated heterocycles. The minimum absolute atomic E-state index is 0.000759. The van der Waals surface area contributed by atoms with Crippen molar-refractivity contribution in [2.75, 3.05) is 38.0 Å². The van der Waals surface area contributed by atoms with Gasteiger partial charge in [-0.1, -0.05) is 18.2 Å². The molecule has 2 aromatic carbocycles. The van der Waals surface area contributed by atoms with Crippen LogP contribution in [0.5, 0.6) is 5.75 Å². The number of carbonyl (C=O) groups excluding carboxylic acids is 2. The summed E-state index contributed by atoms with van der Waals surface area (Å²) in [5.41, 5.74) is 1.34. The van der Waals surface area contributed by atoms with Crippen molar-refractivity contribution in [3.63, 3.8) is 0 Å². The molecule has 0 unspecified atom stereocenters. The number of rotatable bonds is 5. The summed E-state index contributed by atoms with van der Waals surface area (Å²) in [5, 5.41) is 6.34. The van der Waals surface area contributed by atoms with Crippen LogP contribution in [0.4, 0.5) is 10.1 Å². The summed E-state index contributed by atoms with van der Waals surface area (Å²) in [5.74, 6) is 0.0290. The first-order valence-electron chi connectivity index (χ1n) is 12.4. The van der Waals surface area contributed by atoms with E-state index in [2.05, 4.69) is 15.5 Å². The molecule has 0 aromatic heterocycles. The molecule has 0 radical (unpaired) electrons. The van der Waals surface area contributed by atoms with E-state index in [-0.39, 0.29) is 29.6 Å². The maximum absolute atomic E-state index is 13.6. The Morgan fingerprint density at radius 2 is 1.91 bits per heavy atom. The van der Waals surface area contributed by atoms with Crippen LogP contribution in [0, 0.1) is 11.7 Å². The number of hydrogen-bond donors (Lipinski definition) is 2. The number of piperidine rings is 1. The number of likely N-dealkylation sites (tertiary alicyclic amines) is 1. The van der Waals surface area contributed by atoms with Gasteiger partial charge in [-0.05, 0) is 69.6 Å². The highest BCUT2D eigenvalue weighted by molar-refractivity contribution is 6.02. The second-order valence-electron chi connectivity index (χ2n) is 10.3. The third-order valence-electron chi connectivity index (χ3n) is 7.19. The average molecular weight is 481 g/mol. The lowest BCUT2D eigenvalue weighted by molar-refractivity contribution is -0.120. The van der Waals surface area contributed by atoms with Gasteiger partial charge in [0, 0.05) is 31.6 Å². The Morgan fingerprint density at radius 1 is 1.17 bits per heavy atom. The summed E-state index contributed by atoms with van der Waals surface area (Å²) < 4.78 is 20.3. The molecule has 3 heterocycles. The Kier molecular flexibility index (Phi) is 6.51. The largest absolute Gasteiger partial charge is 0.480 e. The fraction of sp³-hybridized carbons (Fsp3) is 0.481. The summed E-state index contributed by atoms with van der Waals surface area (Å²) in [7, 11) is 0. The highest BCUT2D eigenvalue weighted by Crippen LogP contribution is 2.40. The van der Waals surface area contributed by atoms with E-state index >= 15 is 0 Å². The lowest BCUT2D eigenvalue weighted by Gasteiger charge is -2.50. The quantitative estimate of drug-likeness (QED) is 0.687. The molecule has 35 heavy (non-hydrogen) atoms. The second-order valence-corrected chi connectivity index (χ2v) is 10.3. The first-order chi connectivity index (χ1) is 16.8. The zero-order valence-electron chi connectivity index (χ0n) is 20.4. The number of para-hydroxylation sites is 1. The molecular formula is C27H33FN4O3. The standard InChI is InChI=1S/C27H33FN4O3/c1-18(2)32-17-27(15-31(16-27)14-19-5-3-6-21(28)13-19)35-24-22(26(32)34)7-4-8-23(24)30-25(33)20-9-11-29-12-10-20/h3-8,13,18,20,29H,9-12,14-17H2,1-2H3,(H,30,33). The maximum Gasteiger partial charge on any atom is 0.258 e. The molecule has 0 atom stereocenters. The molecule has 0 saturated carbocycles. The summed E-state index contributed by atoms with van der Waals surface area (Å²) >= 11 is 0. The molecule has 8 heteroatoms. The lowest BCUT2D eigenvalue weighted by Crippen LogP contribution is -2.69. The molecular weight excluding hydrogens is 447 g/mol. The Labute approximate surface area is 205 Å². The molecule has 2 N–H and O–H groups in total. The van der Waals surface area contributed by atoms with Crippen molar-refractivity contribution in [3.05, 3.63) is 59.4 Å². The van der Waals surface area contributed by atoms with Gasteiger partial charge < -0.3 is 20.3 Å². The number of anilines is 1. The molecule has 186 valence electrons. The zero-order valence-corrected chi connectivity index (χ0v) is 20.4. The van der Waals surface area contributed by atoms with E-state index in [4.69, 9.17) is 4.74 Å². The van der Waals surface area contributed by atoms with Crippen LogP contribution in [0.15, 0.2) is 42.5 Å². The van der Waals surface area contributed by atoms with Gasteiger partial charge in [-0.3, -0.25) is 14.5 Å². The predicted molar refractivity (Wildman–Crippen MR) is 132 cm³/mol. The summed E-state index contributed by atoms with van der Waals surface area (Å²) in [6.45, 7) is 7.94. The van der Waals surface area contributed by atoms with E-state index in [9.17, 15) is 14.0 Å². The van der Waals surface area contributed by atoms with Crippen molar-refractivity contribution in [3.8, 4) is 5.75 Å². The van der Waals surface area contributed by atoms with Crippen molar-refractivity contribution >= 4 is 17.5 Å². The van der Waals surface area contributed by atoms with Crippen LogP contribution < -0.4 is 15.4 Å². The third-order valence-corrected chi connectivity index (χ3v) is 7.19. The van der Waals surface area contributed by atoms with Gasteiger partial charge in [-0.2, -0.15) is 0 Å². The van der Waals surface area contributed by atoms with Gasteiger partial charge in [-0.15, -0.1) is 0 Å². The van der Waals surface area contributed by atoms with Gasteiger partial charge in [-0.25, -0.2) is 4.39 Å². The van der Waals surface area contributed by atoms with Gasteiger partial charge in [0.1, 0.15) is 5.82 Å². The van der Waals surface area contributed by atoms with Gasteiger partial charge in [0.15, 0.2) is 11.4 Å². The van der Waals surface area contributed by atoms with Crippen LogP contribution in [0.1, 0.15) is 42.6 Å². The molecule has 3 aliphatic heterocycles. The topological polar surface area (TPSA) is 73.9 Å². The minimum atomic E-state index is -0.589. The molecule has 0 bridgehead atoms. The monoisotopic (exact) mass is 480 g/mol. The molecule has 1 spiro atoms. The van der Waals surface area contributed by atoms with Crippen molar-refractivity contribution in [2.24, 2.45) is 5.92 Å². The van der Waals surface area contributed by atoms with Gasteiger partial charge in [0.05, 0.1) is 17.8 Å². The van der Waals surface area contributed by atoms with Gasteiger partial charge >= 0.3 is 0 Å². The fourth-order valence-electron chi connectivity index (χ4n) is 5.37. The Morgan fingerprint density at radius 3 is 2.63 bits per heavy atom. The summed E-state index contributed by atoms with van der Waals surface area (Å²) in [4.78, 5) is 30.6. The van der Waals surface area contributed by atoms with E-state index in [0.29, 0.717) is 43.2 Å². The van der Waals surface area contributed by atoms with Crippen LogP contribution in [0.2, 0.25) is 0 Å². The number of nitrogens with one attached hydrogen (secondary N) is 2. The second kappa shape index (κ2) is 9.59. The summed E-state index contributed by atoms with van der Waals surface area (Å²) in [6, 6.07) is 12.0. The minimum Gasteiger partial charge on any atom is -0.480 e. The number of benzene rings is 2. The first kappa shape index (κ1) is 23.8. The van der Waals surface area contributed by atoms with Crippen LogP contribution in [0.25, 0.3) is 0 Å². The lowest BCUT2D eigenvalue weighted by atomic mass is 9.92. The molecule has 7 nitrogen and oxygen atoms in total. The zero-order chi connectivity index (χ0) is 24.6. The number of halogens is 1. The van der Waals surface area contributed by atoms with E-state index in [1.54, 1.807) is 24.3 Å². The van der Waals surface area contributed by atoms with Crippen molar-refractivity contribution in [1.29, 1.82) is 0 Å². The molecule has 2 aromatic rings. The Balaban J connectivity index is 1.40. The van der Waals surface area contributed by atoms with E-state index in [1.807, 2.05) is 30.9 Å². The van der Waals surface area contributed by atoms with Crippen LogP contribution in [0.3, 0.4) is 0 Å². The number of carbonyl (C=O) groups is 2. The van der Waals surface area contributed by atoms with Gasteiger partial charge in [0.2, 0.25) is 5.91 Å². The van der Waals surface area contributed by atoms with Gasteiger partial charge in [0.25, 0.3) is 5.91 Å². The summed E-state index contributed by atoms with van der Waals surface area (Å²) in [6.07, 6.45) is 1.58. The highest BCUT2D eigenvalue weighted by atomic mass is 19.1. The Hall–Kier alpha value is -2.97. The average Bonchev–Trinajstić information content (AvgIpc) is 2.95. The van der Waals surface area contributed by atoms with E-state index in [0.717, 1.165) is 31.5 Å². The fourth-order valence-corrected chi connectivity index (χ4v) is 5.37. The molecule has 2 amide bonds. The number of hydrogen-bond acceptors (Lipinski definition) is 5. The number of nitrogens with zero attached hydrogens (tertiary/aromatic N) is 2. The van der Waals surface area contributed by atoms with E-state index < -0.39 is 5.60 Å². The molecule has 2 fully saturated rings. The van der Waals surface area contributed by atoms with E-state index in [1.165, 1.54) is 6.07 Å². The first-order valence-corrected chi connectivity index (χ1v) is 12.4. The van der Waals surface area contributed by atoms with Crippen LogP contribution in [-0.4, -0.2) is 66.0 Å². The maximum atomic E-state index is 13.6. The number of amides is 2. The molecule has 3 aliphatic rings. The van der Waals surface area contributed by atoms with Crippen molar-refractivity contribution in [1.82, 2.24) is 15.1 Å². The van der Waals surface area contributed by atoms with Crippen LogP contribution >= 0.6 is 0 Å². The van der Waals surface area contributed by atoms with Crippen molar-refractivity contribution in [2.45, 2.75) is 44.9 Å². The predicted octanol–water partition coefficient (Wildman–Crippen LogP) is 3.26. The van der Waals surface area contributed by atoms with Crippen molar-refractivity contribution < 1.29 is 18.7 Å².